The van der Waals surface area contributed by atoms with Gasteiger partial charge in [-0.05, 0) is 42.2 Å². The van der Waals surface area contributed by atoms with E-state index in [2.05, 4.69) is 52.0 Å². The molecule has 5 heteroatoms. The number of rotatable bonds is 5. The number of anilines is 1. The fourth-order valence-electron chi connectivity index (χ4n) is 3.33. The summed E-state index contributed by atoms with van der Waals surface area (Å²) in [6.45, 7) is 9.08. The second-order valence-electron chi connectivity index (χ2n) is 7.04. The predicted molar refractivity (Wildman–Crippen MR) is 99.2 cm³/mol. The monoisotopic (exact) mass is 335 g/mol. The Bertz CT molecular complexity index is 727. The zero-order valence-electron chi connectivity index (χ0n) is 15.0. The number of hydrogen-bond donors (Lipinski definition) is 0. The molecule has 1 saturated heterocycles. The lowest BCUT2D eigenvalue weighted by Gasteiger charge is -2.36. The van der Waals surface area contributed by atoms with Crippen LogP contribution < -0.4 is 4.90 Å². The third kappa shape index (κ3) is 4.55. The van der Waals surface area contributed by atoms with E-state index in [0.717, 1.165) is 56.1 Å². The Hall–Kier alpha value is -2.45. The summed E-state index contributed by atoms with van der Waals surface area (Å²) in [6, 6.07) is 12.6. The fraction of sp³-hybridized carbons (Fsp3) is 0.450. The normalized spacial score (nSPS) is 15.4. The maximum atomic E-state index is 9.47. The second kappa shape index (κ2) is 8.09. The Balaban J connectivity index is 1.66. The van der Waals surface area contributed by atoms with E-state index in [1.807, 2.05) is 18.2 Å². The van der Waals surface area contributed by atoms with Gasteiger partial charge in [0.1, 0.15) is 6.07 Å². The molecule has 1 aliphatic heterocycles. The molecule has 0 saturated carbocycles. The van der Waals surface area contributed by atoms with Gasteiger partial charge in [-0.15, -0.1) is 0 Å². The summed E-state index contributed by atoms with van der Waals surface area (Å²) >= 11 is 0. The topological polar surface area (TPSA) is 56.1 Å². The van der Waals surface area contributed by atoms with E-state index in [1.165, 1.54) is 5.56 Å². The number of nitrogens with zero attached hydrogens (tertiary/aromatic N) is 5. The van der Waals surface area contributed by atoms with Crippen LogP contribution in [0.3, 0.4) is 0 Å². The Morgan fingerprint density at radius 1 is 1.16 bits per heavy atom. The fourth-order valence-corrected chi connectivity index (χ4v) is 3.33. The first-order valence-corrected chi connectivity index (χ1v) is 8.92. The average Bonchev–Trinajstić information content (AvgIpc) is 2.63. The summed E-state index contributed by atoms with van der Waals surface area (Å²) in [4.78, 5) is 4.74. The van der Waals surface area contributed by atoms with Gasteiger partial charge in [-0.1, -0.05) is 19.9 Å². The summed E-state index contributed by atoms with van der Waals surface area (Å²) in [7, 11) is 0. The molecule has 25 heavy (non-hydrogen) atoms. The third-order valence-corrected chi connectivity index (χ3v) is 4.55. The third-order valence-electron chi connectivity index (χ3n) is 4.55. The van der Waals surface area contributed by atoms with Gasteiger partial charge >= 0.3 is 0 Å². The van der Waals surface area contributed by atoms with Crippen LogP contribution in [0.2, 0.25) is 0 Å². The molecule has 2 aromatic rings. The minimum Gasteiger partial charge on any atom is -0.368 e. The minimum absolute atomic E-state index is 0.615. The molecule has 1 aliphatic rings. The van der Waals surface area contributed by atoms with E-state index in [-0.39, 0.29) is 0 Å². The van der Waals surface area contributed by atoms with E-state index in [9.17, 15) is 5.26 Å². The zero-order chi connectivity index (χ0) is 17.6. The Morgan fingerprint density at radius 2 is 1.96 bits per heavy atom. The van der Waals surface area contributed by atoms with Crippen LogP contribution in [-0.4, -0.2) is 41.3 Å². The van der Waals surface area contributed by atoms with Crippen LogP contribution in [0.4, 0.5) is 5.69 Å². The number of nitriles is 1. The summed E-state index contributed by atoms with van der Waals surface area (Å²) in [5, 5.41) is 17.6. The van der Waals surface area contributed by atoms with E-state index in [1.54, 1.807) is 6.20 Å². The molecule has 0 unspecified atom stereocenters. The highest BCUT2D eigenvalue weighted by Crippen LogP contribution is 2.25. The molecule has 1 aromatic carbocycles. The first kappa shape index (κ1) is 17.4. The van der Waals surface area contributed by atoms with Gasteiger partial charge in [-0.25, -0.2) is 0 Å². The minimum atomic E-state index is 0.615. The van der Waals surface area contributed by atoms with Gasteiger partial charge in [-0.2, -0.15) is 15.5 Å². The quantitative estimate of drug-likeness (QED) is 0.841. The molecular weight excluding hydrogens is 310 g/mol. The molecule has 5 nitrogen and oxygen atoms in total. The predicted octanol–water partition coefficient (Wildman–Crippen LogP) is 2.87. The Morgan fingerprint density at radius 3 is 2.60 bits per heavy atom. The lowest BCUT2D eigenvalue weighted by atomic mass is 10.00. The van der Waals surface area contributed by atoms with Crippen molar-refractivity contribution in [1.82, 2.24) is 15.1 Å². The van der Waals surface area contributed by atoms with Crippen LogP contribution in [-0.2, 0) is 13.0 Å². The SMILES string of the molecule is CC(C)Cc1ccc(C#N)c(N2CCN(Cc3cccnn3)CC2)c1. The molecule has 3 rings (SSSR count). The first-order valence-electron chi connectivity index (χ1n) is 8.92. The van der Waals surface area contributed by atoms with Crippen molar-refractivity contribution in [1.29, 1.82) is 5.26 Å². The van der Waals surface area contributed by atoms with E-state index >= 15 is 0 Å². The molecule has 1 aromatic heterocycles. The van der Waals surface area contributed by atoms with Gasteiger partial charge in [0.15, 0.2) is 0 Å². The number of piperazine rings is 1. The van der Waals surface area contributed by atoms with Crippen LogP contribution in [0.1, 0.15) is 30.7 Å². The summed E-state index contributed by atoms with van der Waals surface area (Å²) in [6.07, 6.45) is 2.75. The molecule has 0 N–H and O–H groups in total. The van der Waals surface area contributed by atoms with Crippen LogP contribution >= 0.6 is 0 Å². The largest absolute Gasteiger partial charge is 0.368 e. The van der Waals surface area contributed by atoms with Crippen molar-refractivity contribution in [2.24, 2.45) is 5.92 Å². The van der Waals surface area contributed by atoms with Crippen LogP contribution in [0.15, 0.2) is 36.5 Å². The van der Waals surface area contributed by atoms with Gasteiger partial charge < -0.3 is 4.90 Å². The van der Waals surface area contributed by atoms with Crippen molar-refractivity contribution in [3.63, 3.8) is 0 Å². The van der Waals surface area contributed by atoms with Crippen LogP contribution in [0.5, 0.6) is 0 Å². The van der Waals surface area contributed by atoms with Crippen molar-refractivity contribution in [2.45, 2.75) is 26.8 Å². The van der Waals surface area contributed by atoms with Crippen LogP contribution in [0.25, 0.3) is 0 Å². The van der Waals surface area contributed by atoms with E-state index in [0.29, 0.717) is 5.92 Å². The van der Waals surface area contributed by atoms with Crippen molar-refractivity contribution < 1.29 is 0 Å². The molecule has 0 atom stereocenters. The second-order valence-corrected chi connectivity index (χ2v) is 7.04. The van der Waals surface area contributed by atoms with Gasteiger partial charge in [0.25, 0.3) is 0 Å². The molecule has 0 aliphatic carbocycles. The lowest BCUT2D eigenvalue weighted by molar-refractivity contribution is 0.246. The highest BCUT2D eigenvalue weighted by Gasteiger charge is 2.20. The molecule has 0 radical (unpaired) electrons. The molecule has 0 bridgehead atoms. The first-order chi connectivity index (χ1) is 12.2. The van der Waals surface area contributed by atoms with E-state index < -0.39 is 0 Å². The van der Waals surface area contributed by atoms with Gasteiger partial charge in [-0.3, -0.25) is 4.90 Å². The molecule has 1 fully saturated rings. The maximum Gasteiger partial charge on any atom is 0.101 e. The lowest BCUT2D eigenvalue weighted by Crippen LogP contribution is -2.46. The highest BCUT2D eigenvalue weighted by atomic mass is 15.3. The number of benzene rings is 1. The molecule has 0 spiro atoms. The summed E-state index contributed by atoms with van der Waals surface area (Å²) < 4.78 is 0. The summed E-state index contributed by atoms with van der Waals surface area (Å²) in [5.74, 6) is 0.615. The number of hydrogen-bond acceptors (Lipinski definition) is 5. The van der Waals surface area contributed by atoms with Crippen molar-refractivity contribution in [3.05, 3.63) is 53.3 Å². The van der Waals surface area contributed by atoms with Gasteiger partial charge in [0.2, 0.25) is 0 Å². The Labute approximate surface area is 149 Å². The van der Waals surface area contributed by atoms with Gasteiger partial charge in [0, 0.05) is 38.9 Å². The van der Waals surface area contributed by atoms with Crippen molar-refractivity contribution in [2.75, 3.05) is 31.1 Å². The number of aromatic nitrogens is 2. The Kier molecular flexibility index (Phi) is 5.62. The molecule has 0 amide bonds. The van der Waals surface area contributed by atoms with E-state index in [4.69, 9.17) is 0 Å². The molecule has 2 heterocycles. The maximum absolute atomic E-state index is 9.47. The van der Waals surface area contributed by atoms with Crippen molar-refractivity contribution in [3.8, 4) is 6.07 Å². The molecule has 130 valence electrons. The average molecular weight is 335 g/mol. The van der Waals surface area contributed by atoms with Crippen LogP contribution in [0, 0.1) is 17.2 Å². The van der Waals surface area contributed by atoms with Gasteiger partial charge in [0.05, 0.1) is 16.9 Å². The smallest absolute Gasteiger partial charge is 0.101 e. The molecular formula is C20H25N5. The summed E-state index contributed by atoms with van der Waals surface area (Å²) in [5.41, 5.74) is 4.17. The zero-order valence-corrected chi connectivity index (χ0v) is 15.0. The highest BCUT2D eigenvalue weighted by molar-refractivity contribution is 5.61. The van der Waals surface area contributed by atoms with Crippen molar-refractivity contribution >= 4 is 5.69 Å². The standard InChI is InChI=1S/C20H25N5/c1-16(2)12-17-5-6-18(14-21)20(13-17)25-10-8-24(9-11-25)15-19-4-3-7-22-23-19/h3-7,13,16H,8-12,15H2,1-2H3.